The van der Waals surface area contributed by atoms with Crippen LogP contribution in [-0.4, -0.2) is 39.2 Å². The molecule has 0 bridgehead atoms. The van der Waals surface area contributed by atoms with Crippen molar-refractivity contribution in [3.05, 3.63) is 0 Å². The second kappa shape index (κ2) is 7.60. The molecule has 2 atom stereocenters. The van der Waals surface area contributed by atoms with Gasteiger partial charge in [0.25, 0.3) is 0 Å². The highest BCUT2D eigenvalue weighted by Gasteiger charge is 2.33. The largest absolute Gasteiger partial charge is 0.459 e. The lowest BCUT2D eigenvalue weighted by atomic mass is 10.00. The second-order valence-electron chi connectivity index (χ2n) is 5.61. The summed E-state index contributed by atoms with van der Waals surface area (Å²) in [5, 5.41) is 0. The van der Waals surface area contributed by atoms with Crippen LogP contribution in [0.3, 0.4) is 0 Å². The first-order valence-electron chi connectivity index (χ1n) is 6.52. The molecule has 0 aromatic heterocycles. The van der Waals surface area contributed by atoms with Gasteiger partial charge in [-0.05, 0) is 26.7 Å². The molecule has 0 saturated carbocycles. The lowest BCUT2D eigenvalue weighted by Crippen LogP contribution is -2.52. The molecule has 9 heteroatoms. The Balaban J connectivity index is 5.10. The monoisotopic (exact) mass is 324 g/mol. The molecule has 0 heterocycles. The first-order valence-corrected chi connectivity index (χ1v) is 8.01. The lowest BCUT2D eigenvalue weighted by molar-refractivity contribution is -0.158. The Bertz CT molecular complexity index is 469. The third-order valence-corrected chi connectivity index (χ3v) is 3.56. The Morgan fingerprint density at radius 1 is 1.24 bits per heavy atom. The van der Waals surface area contributed by atoms with Gasteiger partial charge in [-0.3, -0.25) is 4.79 Å². The zero-order valence-electron chi connectivity index (χ0n) is 13.2. The van der Waals surface area contributed by atoms with Gasteiger partial charge in [0, 0.05) is 0 Å². The van der Waals surface area contributed by atoms with E-state index in [2.05, 4.69) is 9.46 Å². The van der Waals surface area contributed by atoms with Crippen molar-refractivity contribution in [2.45, 2.75) is 52.7 Å². The highest BCUT2D eigenvalue weighted by Crippen LogP contribution is 2.15. The van der Waals surface area contributed by atoms with E-state index in [0.29, 0.717) is 6.42 Å². The van der Waals surface area contributed by atoms with E-state index in [9.17, 15) is 18.0 Å². The van der Waals surface area contributed by atoms with Gasteiger partial charge in [0.1, 0.15) is 11.6 Å². The van der Waals surface area contributed by atoms with Crippen LogP contribution in [0.2, 0.25) is 0 Å². The molecule has 0 aliphatic carbocycles. The van der Waals surface area contributed by atoms with Gasteiger partial charge < -0.3 is 9.47 Å². The topological polar surface area (TPSA) is 111 Å². The molecule has 0 fully saturated rings. The molecule has 0 aromatic carbocycles. The molecular weight excluding hydrogens is 300 g/mol. The first-order chi connectivity index (χ1) is 9.41. The standard InChI is InChI=1S/C12H24N2O6S/c1-7-8(2)9(10(15)20-12(3,4)5)13-21(17,18)14-11(16)19-6/h8-9,13H,7H2,1-6H3,(H,14,16)/t8-,9-/m0/s1. The predicted octanol–water partition coefficient (Wildman–Crippen LogP) is 0.933. The summed E-state index contributed by atoms with van der Waals surface area (Å²) in [7, 11) is -3.19. The number of carbonyl (C=O) groups excluding carboxylic acids is 2. The Kier molecular flexibility index (Phi) is 7.11. The quantitative estimate of drug-likeness (QED) is 0.703. The summed E-state index contributed by atoms with van der Waals surface area (Å²) in [4.78, 5) is 23.1. The average Bonchev–Trinajstić information content (AvgIpc) is 2.32. The van der Waals surface area contributed by atoms with Crippen molar-refractivity contribution >= 4 is 22.3 Å². The summed E-state index contributed by atoms with van der Waals surface area (Å²) < 4.78 is 36.7. The Labute approximate surface area is 125 Å². The van der Waals surface area contributed by atoms with Gasteiger partial charge in [0.05, 0.1) is 7.11 Å². The molecule has 0 aliphatic rings. The Morgan fingerprint density at radius 2 is 1.76 bits per heavy atom. The van der Waals surface area contributed by atoms with Gasteiger partial charge in [0.2, 0.25) is 0 Å². The van der Waals surface area contributed by atoms with E-state index < -0.39 is 33.9 Å². The molecule has 0 aliphatic heterocycles. The minimum atomic E-state index is -4.22. The Hall–Kier alpha value is -1.35. The molecule has 0 unspecified atom stereocenters. The van der Waals surface area contributed by atoms with Crippen LogP contribution >= 0.6 is 0 Å². The van der Waals surface area contributed by atoms with Gasteiger partial charge in [-0.25, -0.2) is 9.52 Å². The zero-order chi connectivity index (χ0) is 16.8. The number of rotatable bonds is 6. The molecule has 0 spiro atoms. The fourth-order valence-corrected chi connectivity index (χ4v) is 2.37. The van der Waals surface area contributed by atoms with Gasteiger partial charge in [-0.2, -0.15) is 13.1 Å². The number of ether oxygens (including phenoxy) is 2. The molecule has 21 heavy (non-hydrogen) atoms. The van der Waals surface area contributed by atoms with E-state index in [-0.39, 0.29) is 5.92 Å². The third kappa shape index (κ3) is 7.86. The van der Waals surface area contributed by atoms with Crippen molar-refractivity contribution in [1.82, 2.24) is 9.44 Å². The van der Waals surface area contributed by atoms with Crippen LogP contribution in [0, 0.1) is 5.92 Å². The molecule has 0 saturated heterocycles. The van der Waals surface area contributed by atoms with Crippen molar-refractivity contribution in [2.24, 2.45) is 5.92 Å². The number of nitrogens with one attached hydrogen (secondary N) is 2. The zero-order valence-corrected chi connectivity index (χ0v) is 14.0. The number of amides is 1. The fourth-order valence-electron chi connectivity index (χ4n) is 1.35. The summed E-state index contributed by atoms with van der Waals surface area (Å²) in [6.07, 6.45) is -0.598. The van der Waals surface area contributed by atoms with Gasteiger partial charge in [0.15, 0.2) is 0 Å². The molecular formula is C12H24N2O6S. The SMILES string of the molecule is CC[C@H](C)[C@H](NS(=O)(=O)NC(=O)OC)C(=O)OC(C)(C)C. The molecule has 0 aromatic rings. The summed E-state index contributed by atoms with van der Waals surface area (Å²) in [5.74, 6) is -1.01. The summed E-state index contributed by atoms with van der Waals surface area (Å²) >= 11 is 0. The van der Waals surface area contributed by atoms with E-state index in [4.69, 9.17) is 4.74 Å². The van der Waals surface area contributed by atoms with Crippen LogP contribution in [0.1, 0.15) is 41.0 Å². The summed E-state index contributed by atoms with van der Waals surface area (Å²) in [5.41, 5.74) is -0.746. The van der Waals surface area contributed by atoms with E-state index in [1.807, 2.05) is 6.92 Å². The molecule has 1 amide bonds. The van der Waals surface area contributed by atoms with Crippen molar-refractivity contribution in [3.8, 4) is 0 Å². The maximum absolute atomic E-state index is 12.1. The van der Waals surface area contributed by atoms with E-state index >= 15 is 0 Å². The first kappa shape index (κ1) is 19.7. The third-order valence-electron chi connectivity index (χ3n) is 2.56. The van der Waals surface area contributed by atoms with Gasteiger partial charge in [-0.1, -0.05) is 20.3 Å². The molecule has 124 valence electrons. The molecule has 8 nitrogen and oxygen atoms in total. The van der Waals surface area contributed by atoms with Crippen LogP contribution in [0.5, 0.6) is 0 Å². The van der Waals surface area contributed by atoms with Gasteiger partial charge in [-0.15, -0.1) is 0 Å². The van der Waals surface area contributed by atoms with Crippen molar-refractivity contribution < 1.29 is 27.5 Å². The van der Waals surface area contributed by atoms with Crippen LogP contribution in [0.25, 0.3) is 0 Å². The predicted molar refractivity (Wildman–Crippen MR) is 76.7 cm³/mol. The Morgan fingerprint density at radius 3 is 2.14 bits per heavy atom. The van der Waals surface area contributed by atoms with Gasteiger partial charge >= 0.3 is 22.3 Å². The molecule has 2 N–H and O–H groups in total. The smallest absolute Gasteiger partial charge is 0.421 e. The van der Waals surface area contributed by atoms with Crippen LogP contribution < -0.4 is 9.44 Å². The number of esters is 1. The molecule has 0 rings (SSSR count). The van der Waals surface area contributed by atoms with Crippen LogP contribution in [0.4, 0.5) is 4.79 Å². The van der Waals surface area contributed by atoms with Crippen LogP contribution in [0.15, 0.2) is 0 Å². The molecule has 0 radical (unpaired) electrons. The van der Waals surface area contributed by atoms with Crippen LogP contribution in [-0.2, 0) is 24.5 Å². The maximum Gasteiger partial charge on any atom is 0.421 e. The normalized spacial score (nSPS) is 15.0. The average molecular weight is 324 g/mol. The highest BCUT2D eigenvalue weighted by atomic mass is 32.2. The van der Waals surface area contributed by atoms with E-state index in [1.165, 1.54) is 0 Å². The number of carbonyl (C=O) groups is 2. The fraction of sp³-hybridized carbons (Fsp3) is 0.833. The maximum atomic E-state index is 12.1. The number of hydrogen-bond acceptors (Lipinski definition) is 6. The van der Waals surface area contributed by atoms with Crippen molar-refractivity contribution in [3.63, 3.8) is 0 Å². The summed E-state index contributed by atoms with van der Waals surface area (Å²) in [6.45, 7) is 8.55. The lowest BCUT2D eigenvalue weighted by Gasteiger charge is -2.27. The summed E-state index contributed by atoms with van der Waals surface area (Å²) in [6, 6.07) is -1.10. The van der Waals surface area contributed by atoms with Crippen molar-refractivity contribution in [1.29, 1.82) is 0 Å². The van der Waals surface area contributed by atoms with Crippen molar-refractivity contribution in [2.75, 3.05) is 7.11 Å². The number of methoxy groups -OCH3 is 1. The minimum absolute atomic E-state index is 0.311. The van der Waals surface area contributed by atoms with E-state index in [1.54, 1.807) is 32.4 Å². The van der Waals surface area contributed by atoms with E-state index in [0.717, 1.165) is 7.11 Å². The minimum Gasteiger partial charge on any atom is -0.459 e. The highest BCUT2D eigenvalue weighted by molar-refractivity contribution is 7.88. The number of hydrogen-bond donors (Lipinski definition) is 2. The second-order valence-corrected chi connectivity index (χ2v) is 7.06.